The van der Waals surface area contributed by atoms with Crippen molar-refractivity contribution in [3.8, 4) is 22.6 Å². The molecule has 0 bridgehead atoms. The number of fused-ring (bicyclic) bond motifs is 2. The zero-order chi connectivity index (χ0) is 20.7. The largest absolute Gasteiger partial charge is 0.457 e. The Hall–Kier alpha value is -3.92. The molecule has 0 amide bonds. The van der Waals surface area contributed by atoms with Crippen LogP contribution >= 0.6 is 0 Å². The van der Waals surface area contributed by atoms with Gasteiger partial charge < -0.3 is 4.74 Å². The first-order valence-electron chi connectivity index (χ1n) is 9.80. The van der Waals surface area contributed by atoms with E-state index >= 15 is 0 Å². The van der Waals surface area contributed by atoms with Gasteiger partial charge in [-0.2, -0.15) is 0 Å². The highest BCUT2D eigenvalue weighted by molar-refractivity contribution is 5.76. The number of rotatable bonds is 3. The SMILES string of the molecule is CC1(c2ccccc2)c2ccccc2Oc2ccc(-c3ccccc3[N+](=O)[O-])cc21. The molecule has 1 aliphatic heterocycles. The Kier molecular flexibility index (Phi) is 4.14. The van der Waals surface area contributed by atoms with E-state index in [0.717, 1.165) is 33.8 Å². The van der Waals surface area contributed by atoms with Gasteiger partial charge in [0.25, 0.3) is 5.69 Å². The first-order chi connectivity index (χ1) is 14.6. The molecule has 30 heavy (non-hydrogen) atoms. The Morgan fingerprint density at radius 2 is 1.43 bits per heavy atom. The van der Waals surface area contributed by atoms with Crippen molar-refractivity contribution in [2.75, 3.05) is 0 Å². The summed E-state index contributed by atoms with van der Waals surface area (Å²) in [5.41, 5.74) is 4.24. The van der Waals surface area contributed by atoms with E-state index in [4.69, 9.17) is 4.74 Å². The highest BCUT2D eigenvalue weighted by Crippen LogP contribution is 2.52. The molecule has 0 radical (unpaired) electrons. The lowest BCUT2D eigenvalue weighted by Crippen LogP contribution is -2.29. The average molecular weight is 393 g/mol. The van der Waals surface area contributed by atoms with E-state index in [1.807, 2.05) is 60.7 Å². The summed E-state index contributed by atoms with van der Waals surface area (Å²) < 4.78 is 6.23. The number of nitro benzene ring substituents is 1. The summed E-state index contributed by atoms with van der Waals surface area (Å²) in [6.07, 6.45) is 0. The average Bonchev–Trinajstić information content (AvgIpc) is 2.79. The predicted molar refractivity (Wildman–Crippen MR) is 117 cm³/mol. The van der Waals surface area contributed by atoms with Gasteiger partial charge in [0.2, 0.25) is 0 Å². The van der Waals surface area contributed by atoms with Crippen LogP contribution in [0.2, 0.25) is 0 Å². The Morgan fingerprint density at radius 3 is 2.23 bits per heavy atom. The van der Waals surface area contributed by atoms with Gasteiger partial charge in [-0.25, -0.2) is 0 Å². The van der Waals surface area contributed by atoms with Crippen LogP contribution in [0, 0.1) is 10.1 Å². The van der Waals surface area contributed by atoms with Crippen LogP contribution in [0.5, 0.6) is 11.5 Å². The molecule has 0 aliphatic carbocycles. The van der Waals surface area contributed by atoms with Gasteiger partial charge in [-0.3, -0.25) is 10.1 Å². The van der Waals surface area contributed by atoms with Gasteiger partial charge in [0.15, 0.2) is 0 Å². The third kappa shape index (κ3) is 2.69. The Bertz CT molecular complexity index is 1270. The van der Waals surface area contributed by atoms with Crippen molar-refractivity contribution < 1.29 is 9.66 Å². The first-order valence-corrected chi connectivity index (χ1v) is 9.80. The number of ether oxygens (including phenoxy) is 1. The highest BCUT2D eigenvalue weighted by atomic mass is 16.6. The molecule has 5 rings (SSSR count). The first kappa shape index (κ1) is 18.1. The molecule has 4 aromatic carbocycles. The van der Waals surface area contributed by atoms with Crippen molar-refractivity contribution >= 4 is 5.69 Å². The molecule has 0 aromatic heterocycles. The second kappa shape index (κ2) is 6.85. The van der Waals surface area contributed by atoms with Gasteiger partial charge in [0.05, 0.1) is 10.5 Å². The zero-order valence-corrected chi connectivity index (χ0v) is 16.4. The minimum Gasteiger partial charge on any atom is -0.457 e. The third-order valence-electron chi connectivity index (χ3n) is 5.93. The van der Waals surface area contributed by atoms with Gasteiger partial charge in [-0.05, 0) is 42.3 Å². The van der Waals surface area contributed by atoms with Gasteiger partial charge >= 0.3 is 0 Å². The van der Waals surface area contributed by atoms with E-state index in [2.05, 4.69) is 25.1 Å². The number of hydrogen-bond acceptors (Lipinski definition) is 3. The van der Waals surface area contributed by atoms with Gasteiger partial charge in [0.1, 0.15) is 11.5 Å². The molecule has 0 saturated carbocycles. The second-order valence-electron chi connectivity index (χ2n) is 7.57. The summed E-state index contributed by atoms with van der Waals surface area (Å²) in [6, 6.07) is 31.0. The van der Waals surface area contributed by atoms with E-state index < -0.39 is 5.41 Å². The summed E-state index contributed by atoms with van der Waals surface area (Å²) in [5.74, 6) is 1.59. The molecule has 0 fully saturated rings. The molecule has 0 saturated heterocycles. The topological polar surface area (TPSA) is 52.4 Å². The smallest absolute Gasteiger partial charge is 0.277 e. The van der Waals surface area contributed by atoms with Gasteiger partial charge in [0, 0.05) is 22.6 Å². The van der Waals surface area contributed by atoms with Crippen LogP contribution in [0.4, 0.5) is 5.69 Å². The van der Waals surface area contributed by atoms with Crippen molar-refractivity contribution in [3.63, 3.8) is 0 Å². The predicted octanol–water partition coefficient (Wildman–Crippen LogP) is 6.72. The molecule has 4 aromatic rings. The minimum absolute atomic E-state index is 0.0935. The summed E-state index contributed by atoms with van der Waals surface area (Å²) in [7, 11) is 0. The number of benzene rings is 4. The molecule has 4 nitrogen and oxygen atoms in total. The molecular weight excluding hydrogens is 374 g/mol. The van der Waals surface area contributed by atoms with Crippen LogP contribution in [0.1, 0.15) is 23.6 Å². The van der Waals surface area contributed by atoms with Crippen molar-refractivity contribution in [1.29, 1.82) is 0 Å². The summed E-state index contributed by atoms with van der Waals surface area (Å²) in [5, 5.41) is 11.6. The number of hydrogen-bond donors (Lipinski definition) is 0. The monoisotopic (exact) mass is 393 g/mol. The fourth-order valence-corrected chi connectivity index (χ4v) is 4.37. The lowest BCUT2D eigenvalue weighted by molar-refractivity contribution is -0.384. The second-order valence-corrected chi connectivity index (χ2v) is 7.57. The fourth-order valence-electron chi connectivity index (χ4n) is 4.37. The summed E-state index contributed by atoms with van der Waals surface area (Å²) >= 11 is 0. The fraction of sp³-hybridized carbons (Fsp3) is 0.0769. The normalized spacial score (nSPS) is 16.8. The van der Waals surface area contributed by atoms with Crippen LogP contribution in [0.15, 0.2) is 97.1 Å². The van der Waals surface area contributed by atoms with Crippen molar-refractivity contribution in [1.82, 2.24) is 0 Å². The lowest BCUT2D eigenvalue weighted by Gasteiger charge is -2.38. The van der Waals surface area contributed by atoms with Gasteiger partial charge in [-0.1, -0.05) is 66.7 Å². The van der Waals surface area contributed by atoms with Crippen LogP contribution in [0.25, 0.3) is 11.1 Å². The molecule has 0 spiro atoms. The van der Waals surface area contributed by atoms with Crippen LogP contribution < -0.4 is 4.74 Å². The number of nitro groups is 1. The quantitative estimate of drug-likeness (QED) is 0.287. The molecule has 1 atom stereocenters. The standard InChI is InChI=1S/C26H19NO3/c1-26(19-9-3-2-4-10-19)21-12-6-8-14-24(21)30-25-16-15-18(17-22(25)26)20-11-5-7-13-23(20)27(28)29/h2-17H,1H3. The molecule has 146 valence electrons. The van der Waals surface area contributed by atoms with E-state index in [1.54, 1.807) is 12.1 Å². The van der Waals surface area contributed by atoms with Crippen molar-refractivity contribution in [3.05, 3.63) is 124 Å². The third-order valence-corrected chi connectivity index (χ3v) is 5.93. The summed E-state index contributed by atoms with van der Waals surface area (Å²) in [6.45, 7) is 2.19. The Morgan fingerprint density at radius 1 is 0.767 bits per heavy atom. The maximum Gasteiger partial charge on any atom is 0.277 e. The maximum absolute atomic E-state index is 11.6. The minimum atomic E-state index is -0.453. The lowest BCUT2D eigenvalue weighted by atomic mass is 9.69. The highest BCUT2D eigenvalue weighted by Gasteiger charge is 2.39. The maximum atomic E-state index is 11.6. The van der Waals surface area contributed by atoms with Crippen LogP contribution in [0.3, 0.4) is 0 Å². The zero-order valence-electron chi connectivity index (χ0n) is 16.4. The van der Waals surface area contributed by atoms with Crippen LogP contribution in [-0.2, 0) is 5.41 Å². The van der Waals surface area contributed by atoms with E-state index in [1.165, 1.54) is 6.07 Å². The molecule has 1 unspecified atom stereocenters. The van der Waals surface area contributed by atoms with E-state index in [9.17, 15) is 10.1 Å². The number of nitrogens with zero attached hydrogens (tertiary/aromatic N) is 1. The molecule has 1 heterocycles. The summed E-state index contributed by atoms with van der Waals surface area (Å²) in [4.78, 5) is 11.2. The molecular formula is C26H19NO3. The van der Waals surface area contributed by atoms with E-state index in [0.29, 0.717) is 5.56 Å². The van der Waals surface area contributed by atoms with Crippen LogP contribution in [-0.4, -0.2) is 4.92 Å². The Labute approximate surface area is 174 Å². The Balaban J connectivity index is 1.78. The van der Waals surface area contributed by atoms with E-state index in [-0.39, 0.29) is 10.6 Å². The molecule has 4 heteroatoms. The van der Waals surface area contributed by atoms with Crippen molar-refractivity contribution in [2.45, 2.75) is 12.3 Å². The van der Waals surface area contributed by atoms with Gasteiger partial charge in [-0.15, -0.1) is 0 Å². The molecule has 0 N–H and O–H groups in total. The van der Waals surface area contributed by atoms with Crippen molar-refractivity contribution in [2.24, 2.45) is 0 Å². The number of para-hydroxylation sites is 2. The molecule has 1 aliphatic rings.